The molecule has 0 atom stereocenters. The zero-order valence-corrected chi connectivity index (χ0v) is 9.41. The molecule has 1 aromatic carbocycles. The Balaban J connectivity index is 2.09. The molecule has 0 aliphatic carbocycles. The van der Waals surface area contributed by atoms with E-state index in [1.807, 2.05) is 36.4 Å². The van der Waals surface area contributed by atoms with Crippen molar-refractivity contribution in [1.82, 2.24) is 20.0 Å². The predicted molar refractivity (Wildman–Crippen MR) is 68.1 cm³/mol. The molecule has 86 valence electrons. The Morgan fingerprint density at radius 2 is 1.89 bits per heavy atom. The van der Waals surface area contributed by atoms with Crippen LogP contribution in [0.5, 0.6) is 0 Å². The van der Waals surface area contributed by atoms with Crippen molar-refractivity contribution in [2.45, 2.75) is 0 Å². The van der Waals surface area contributed by atoms with Crippen LogP contribution in [0.2, 0.25) is 0 Å². The minimum absolute atomic E-state index is 0.369. The number of nitrogens with one attached hydrogen (secondary N) is 1. The maximum Gasteiger partial charge on any atom is 0.165 e. The van der Waals surface area contributed by atoms with Gasteiger partial charge < -0.3 is 4.98 Å². The highest BCUT2D eigenvalue weighted by Gasteiger charge is 2.06. The molecule has 0 aliphatic heterocycles. The first-order chi connectivity index (χ1) is 8.86. The number of benzene rings is 1. The quantitative estimate of drug-likeness (QED) is 0.693. The van der Waals surface area contributed by atoms with E-state index in [0.29, 0.717) is 5.70 Å². The molecule has 0 spiro atoms. The number of fused-ring (bicyclic) bond motifs is 1. The van der Waals surface area contributed by atoms with E-state index >= 15 is 0 Å². The van der Waals surface area contributed by atoms with E-state index in [9.17, 15) is 5.26 Å². The van der Waals surface area contributed by atoms with E-state index in [2.05, 4.69) is 21.3 Å². The van der Waals surface area contributed by atoms with Gasteiger partial charge in [-0.25, -0.2) is 0 Å². The number of allylic oxidation sites excluding steroid dienone is 1. The molecule has 0 saturated heterocycles. The van der Waals surface area contributed by atoms with Crippen LogP contribution < -0.4 is 0 Å². The van der Waals surface area contributed by atoms with Gasteiger partial charge in [-0.2, -0.15) is 5.26 Å². The van der Waals surface area contributed by atoms with Crippen LogP contribution in [0.15, 0.2) is 42.6 Å². The van der Waals surface area contributed by atoms with Gasteiger partial charge in [0.15, 0.2) is 5.70 Å². The molecule has 3 rings (SSSR count). The average Bonchev–Trinajstić information content (AvgIpc) is 3.04. The molecule has 0 fully saturated rings. The molecule has 1 N–H and O–H groups in total. The average molecular weight is 235 g/mol. The summed E-state index contributed by atoms with van der Waals surface area (Å²) in [6, 6.07) is 13.4. The standard InChI is InChI=1S/C13H9N5/c14-9-11(8-10-4-3-7-15-10)18-16-12-5-1-2-6-13(12)17-18/h1-8,15H/b11-8+. The molecule has 0 saturated carbocycles. The molecule has 2 heterocycles. The first-order valence-corrected chi connectivity index (χ1v) is 5.44. The molecular weight excluding hydrogens is 226 g/mol. The summed E-state index contributed by atoms with van der Waals surface area (Å²) in [6.45, 7) is 0. The summed E-state index contributed by atoms with van der Waals surface area (Å²) in [6.07, 6.45) is 3.51. The minimum Gasteiger partial charge on any atom is -0.362 e. The zero-order valence-electron chi connectivity index (χ0n) is 9.41. The van der Waals surface area contributed by atoms with Crippen LogP contribution in [0, 0.1) is 11.3 Å². The Morgan fingerprint density at radius 3 is 2.44 bits per heavy atom. The number of nitrogens with zero attached hydrogens (tertiary/aromatic N) is 4. The third kappa shape index (κ3) is 1.76. The molecule has 0 amide bonds. The summed E-state index contributed by atoms with van der Waals surface area (Å²) in [5.41, 5.74) is 2.75. The molecule has 5 nitrogen and oxygen atoms in total. The van der Waals surface area contributed by atoms with Gasteiger partial charge in [-0.05, 0) is 30.3 Å². The fourth-order valence-corrected chi connectivity index (χ4v) is 1.68. The highest BCUT2D eigenvalue weighted by atomic mass is 15.5. The minimum atomic E-state index is 0.369. The van der Waals surface area contributed by atoms with Gasteiger partial charge in [0, 0.05) is 11.9 Å². The zero-order chi connectivity index (χ0) is 12.4. The number of aromatic nitrogens is 4. The van der Waals surface area contributed by atoms with Gasteiger partial charge in [0.2, 0.25) is 0 Å². The van der Waals surface area contributed by atoms with E-state index < -0.39 is 0 Å². The Morgan fingerprint density at radius 1 is 1.17 bits per heavy atom. The van der Waals surface area contributed by atoms with Gasteiger partial charge in [0.25, 0.3) is 0 Å². The van der Waals surface area contributed by atoms with Crippen LogP contribution in [-0.4, -0.2) is 20.0 Å². The maximum absolute atomic E-state index is 9.17. The summed E-state index contributed by atoms with van der Waals surface area (Å²) in [4.78, 5) is 4.36. The van der Waals surface area contributed by atoms with Crippen LogP contribution in [-0.2, 0) is 0 Å². The van der Waals surface area contributed by atoms with Crippen molar-refractivity contribution >= 4 is 22.8 Å². The lowest BCUT2D eigenvalue weighted by Gasteiger charge is -1.94. The van der Waals surface area contributed by atoms with Crippen molar-refractivity contribution in [1.29, 1.82) is 5.26 Å². The summed E-state index contributed by atoms with van der Waals surface area (Å²) in [7, 11) is 0. The van der Waals surface area contributed by atoms with Crippen LogP contribution >= 0.6 is 0 Å². The lowest BCUT2D eigenvalue weighted by Crippen LogP contribution is -1.99. The van der Waals surface area contributed by atoms with Crippen molar-refractivity contribution in [2.24, 2.45) is 0 Å². The third-order valence-electron chi connectivity index (χ3n) is 2.53. The molecule has 5 heteroatoms. The van der Waals surface area contributed by atoms with Gasteiger partial charge in [0.1, 0.15) is 17.1 Å². The monoisotopic (exact) mass is 235 g/mol. The Hall–Kier alpha value is -2.87. The SMILES string of the molecule is N#C/C(=C\c1ccc[nH]1)n1nc2ccccc2n1. The molecule has 2 aromatic heterocycles. The summed E-state index contributed by atoms with van der Waals surface area (Å²) in [5, 5.41) is 17.7. The second-order valence-electron chi connectivity index (χ2n) is 3.75. The fraction of sp³-hybridized carbons (Fsp3) is 0. The van der Waals surface area contributed by atoms with Crippen molar-refractivity contribution in [3.05, 3.63) is 48.3 Å². The summed E-state index contributed by atoms with van der Waals surface area (Å²) < 4.78 is 0. The second-order valence-corrected chi connectivity index (χ2v) is 3.75. The van der Waals surface area contributed by atoms with E-state index in [0.717, 1.165) is 16.7 Å². The normalized spacial score (nSPS) is 11.6. The highest BCUT2D eigenvalue weighted by molar-refractivity contribution is 5.80. The number of H-pyrrole nitrogens is 1. The van der Waals surface area contributed by atoms with Crippen molar-refractivity contribution in [3.63, 3.8) is 0 Å². The number of nitriles is 1. The molecule has 3 aromatic rings. The summed E-state index contributed by atoms with van der Waals surface area (Å²) >= 11 is 0. The molecular formula is C13H9N5. The smallest absolute Gasteiger partial charge is 0.165 e. The first-order valence-electron chi connectivity index (χ1n) is 5.44. The highest BCUT2D eigenvalue weighted by Crippen LogP contribution is 2.12. The van der Waals surface area contributed by atoms with E-state index in [-0.39, 0.29) is 0 Å². The van der Waals surface area contributed by atoms with Crippen LogP contribution in [0.1, 0.15) is 5.69 Å². The number of hydrogen-bond donors (Lipinski definition) is 1. The largest absolute Gasteiger partial charge is 0.362 e. The Labute approximate surface area is 103 Å². The van der Waals surface area contributed by atoms with E-state index in [4.69, 9.17) is 0 Å². The Bertz CT molecular complexity index is 710. The van der Waals surface area contributed by atoms with Crippen molar-refractivity contribution in [3.8, 4) is 6.07 Å². The van der Waals surface area contributed by atoms with Crippen LogP contribution in [0.3, 0.4) is 0 Å². The molecule has 18 heavy (non-hydrogen) atoms. The van der Waals surface area contributed by atoms with Crippen molar-refractivity contribution < 1.29 is 0 Å². The van der Waals surface area contributed by atoms with E-state index in [1.54, 1.807) is 12.3 Å². The predicted octanol–water partition coefficient (Wildman–Crippen LogP) is 2.28. The number of hydrogen-bond acceptors (Lipinski definition) is 3. The number of rotatable bonds is 2. The third-order valence-corrected chi connectivity index (χ3v) is 2.53. The maximum atomic E-state index is 9.17. The summed E-state index contributed by atoms with van der Waals surface area (Å²) in [5.74, 6) is 0. The van der Waals surface area contributed by atoms with Crippen molar-refractivity contribution in [2.75, 3.05) is 0 Å². The first kappa shape index (κ1) is 10.3. The molecule has 0 radical (unpaired) electrons. The molecule has 0 aliphatic rings. The van der Waals surface area contributed by atoms with Gasteiger partial charge in [-0.1, -0.05) is 12.1 Å². The van der Waals surface area contributed by atoms with Gasteiger partial charge in [0.05, 0.1) is 0 Å². The lowest BCUT2D eigenvalue weighted by atomic mass is 10.3. The van der Waals surface area contributed by atoms with Gasteiger partial charge >= 0.3 is 0 Å². The number of aromatic amines is 1. The topological polar surface area (TPSA) is 70.3 Å². The van der Waals surface area contributed by atoms with Crippen LogP contribution in [0.25, 0.3) is 22.8 Å². The van der Waals surface area contributed by atoms with Gasteiger partial charge in [-0.3, -0.25) is 0 Å². The van der Waals surface area contributed by atoms with E-state index in [1.165, 1.54) is 4.80 Å². The fourth-order valence-electron chi connectivity index (χ4n) is 1.68. The lowest BCUT2D eigenvalue weighted by molar-refractivity contribution is 0.795. The van der Waals surface area contributed by atoms with Crippen LogP contribution in [0.4, 0.5) is 0 Å². The Kier molecular flexibility index (Phi) is 2.39. The second kappa shape index (κ2) is 4.18. The molecule has 0 unspecified atom stereocenters. The molecule has 0 bridgehead atoms. The van der Waals surface area contributed by atoms with Gasteiger partial charge in [-0.15, -0.1) is 15.0 Å².